The second-order valence-corrected chi connectivity index (χ2v) is 8.41. The molecule has 0 fully saturated rings. The average molecular weight is 388 g/mol. The van der Waals surface area contributed by atoms with E-state index in [1.165, 1.54) is 42.6 Å². The van der Waals surface area contributed by atoms with E-state index in [9.17, 15) is 13.2 Å². The number of rotatable bonds is 7. The number of para-hydroxylation sites is 1. The number of benzene rings is 2. The zero-order valence-corrected chi connectivity index (χ0v) is 16.3. The predicted octanol–water partition coefficient (Wildman–Crippen LogP) is 2.59. The lowest BCUT2D eigenvalue weighted by Crippen LogP contribution is -2.33. The van der Waals surface area contributed by atoms with Crippen molar-refractivity contribution in [2.75, 3.05) is 25.1 Å². The van der Waals surface area contributed by atoms with Gasteiger partial charge >= 0.3 is 5.97 Å². The minimum atomic E-state index is -3.67. The topological polar surface area (TPSA) is 75.7 Å². The Morgan fingerprint density at radius 1 is 1.22 bits per heavy atom. The number of hydrogen-bond donors (Lipinski definition) is 1. The second-order valence-electron chi connectivity index (χ2n) is 6.65. The minimum Gasteiger partial charge on any atom is -0.465 e. The fraction of sp³-hybridized carbons (Fsp3) is 0.350. The van der Waals surface area contributed by atoms with Crippen molar-refractivity contribution in [3.63, 3.8) is 0 Å². The Hall–Kier alpha value is -2.38. The molecule has 0 aromatic heterocycles. The summed E-state index contributed by atoms with van der Waals surface area (Å²) in [5.41, 5.74) is 2.78. The fourth-order valence-electron chi connectivity index (χ4n) is 3.42. The Morgan fingerprint density at radius 2 is 2.00 bits per heavy atom. The van der Waals surface area contributed by atoms with Crippen LogP contribution in [0.15, 0.2) is 53.4 Å². The molecule has 144 valence electrons. The SMILES string of the molecule is COC(=O)c1cccc(S(=O)(=O)NCCCN2c3ccccc3C[C@H]2C)c1. The van der Waals surface area contributed by atoms with Crippen LogP contribution in [-0.2, 0) is 21.2 Å². The summed E-state index contributed by atoms with van der Waals surface area (Å²) < 4.78 is 32.2. The van der Waals surface area contributed by atoms with Gasteiger partial charge in [0.05, 0.1) is 17.6 Å². The lowest BCUT2D eigenvalue weighted by atomic mass is 10.1. The summed E-state index contributed by atoms with van der Waals surface area (Å²) in [5.74, 6) is -0.561. The van der Waals surface area contributed by atoms with Gasteiger partial charge in [-0.2, -0.15) is 0 Å². The Bertz CT molecular complexity index is 927. The van der Waals surface area contributed by atoms with Gasteiger partial charge in [0.15, 0.2) is 0 Å². The lowest BCUT2D eigenvalue weighted by Gasteiger charge is -2.24. The van der Waals surface area contributed by atoms with Crippen LogP contribution >= 0.6 is 0 Å². The average Bonchev–Trinajstić information content (AvgIpc) is 3.00. The molecule has 1 aliphatic rings. The van der Waals surface area contributed by atoms with Crippen LogP contribution in [0.1, 0.15) is 29.3 Å². The van der Waals surface area contributed by atoms with Gasteiger partial charge in [0, 0.05) is 24.8 Å². The van der Waals surface area contributed by atoms with E-state index in [0.29, 0.717) is 19.0 Å². The Labute approximate surface area is 160 Å². The van der Waals surface area contributed by atoms with Crippen molar-refractivity contribution >= 4 is 21.7 Å². The molecular weight excluding hydrogens is 364 g/mol. The normalized spacial score (nSPS) is 16.2. The van der Waals surface area contributed by atoms with Gasteiger partial charge in [-0.3, -0.25) is 0 Å². The van der Waals surface area contributed by atoms with Gasteiger partial charge in [-0.05, 0) is 49.6 Å². The van der Waals surface area contributed by atoms with Crippen LogP contribution in [0.4, 0.5) is 5.69 Å². The molecule has 2 aromatic rings. The van der Waals surface area contributed by atoms with E-state index in [-0.39, 0.29) is 10.5 Å². The summed E-state index contributed by atoms with van der Waals surface area (Å²) in [5, 5.41) is 0. The van der Waals surface area contributed by atoms with Gasteiger partial charge in [0.25, 0.3) is 0 Å². The molecule has 0 bridgehead atoms. The van der Waals surface area contributed by atoms with Crippen molar-refractivity contribution in [1.82, 2.24) is 4.72 Å². The summed E-state index contributed by atoms with van der Waals surface area (Å²) in [6, 6.07) is 14.6. The van der Waals surface area contributed by atoms with E-state index in [1.807, 2.05) is 12.1 Å². The highest BCUT2D eigenvalue weighted by Gasteiger charge is 2.25. The molecule has 0 aliphatic carbocycles. The van der Waals surface area contributed by atoms with Gasteiger partial charge in [-0.1, -0.05) is 24.3 Å². The maximum atomic E-state index is 12.5. The van der Waals surface area contributed by atoms with Crippen LogP contribution < -0.4 is 9.62 Å². The molecule has 3 rings (SSSR count). The van der Waals surface area contributed by atoms with Crippen LogP contribution in [0, 0.1) is 0 Å². The van der Waals surface area contributed by atoms with E-state index in [4.69, 9.17) is 0 Å². The van der Waals surface area contributed by atoms with Crippen molar-refractivity contribution in [3.8, 4) is 0 Å². The summed E-state index contributed by atoms with van der Waals surface area (Å²) in [6.45, 7) is 3.29. The summed E-state index contributed by atoms with van der Waals surface area (Å²) >= 11 is 0. The van der Waals surface area contributed by atoms with Crippen molar-refractivity contribution in [1.29, 1.82) is 0 Å². The Kier molecular flexibility index (Phi) is 5.82. The first kappa shape index (κ1) is 19.4. The van der Waals surface area contributed by atoms with Gasteiger partial charge < -0.3 is 9.64 Å². The number of hydrogen-bond acceptors (Lipinski definition) is 5. The van der Waals surface area contributed by atoms with Crippen LogP contribution in [0.25, 0.3) is 0 Å². The van der Waals surface area contributed by atoms with Crippen molar-refractivity contribution in [2.24, 2.45) is 0 Å². The summed E-state index contributed by atoms with van der Waals surface area (Å²) in [6.07, 6.45) is 1.71. The standard InChI is InChI=1S/C20H24N2O4S/c1-15-13-16-7-3-4-10-19(16)22(15)12-6-11-21-27(24,25)18-9-5-8-17(14-18)20(23)26-2/h3-5,7-10,14-15,21H,6,11-13H2,1-2H3/t15-/m1/s1. The summed E-state index contributed by atoms with van der Waals surface area (Å²) in [4.78, 5) is 14.0. The van der Waals surface area contributed by atoms with E-state index < -0.39 is 16.0 Å². The molecule has 0 spiro atoms. The fourth-order valence-corrected chi connectivity index (χ4v) is 4.54. The third-order valence-corrected chi connectivity index (χ3v) is 6.24. The number of methoxy groups -OCH3 is 1. The van der Waals surface area contributed by atoms with Crippen LogP contribution in [0.3, 0.4) is 0 Å². The number of sulfonamides is 1. The molecule has 0 saturated heterocycles. The van der Waals surface area contributed by atoms with E-state index in [1.54, 1.807) is 0 Å². The molecule has 6 nitrogen and oxygen atoms in total. The number of carbonyl (C=O) groups is 1. The number of fused-ring (bicyclic) bond motifs is 1. The predicted molar refractivity (Wildman–Crippen MR) is 105 cm³/mol. The molecule has 1 aliphatic heterocycles. The molecule has 0 saturated carbocycles. The van der Waals surface area contributed by atoms with Crippen molar-refractivity contribution in [2.45, 2.75) is 30.7 Å². The molecular formula is C20H24N2O4S. The minimum absolute atomic E-state index is 0.0605. The molecule has 1 N–H and O–H groups in total. The maximum absolute atomic E-state index is 12.5. The largest absolute Gasteiger partial charge is 0.465 e. The quantitative estimate of drug-likeness (QED) is 0.583. The van der Waals surface area contributed by atoms with Crippen molar-refractivity contribution in [3.05, 3.63) is 59.7 Å². The first-order valence-corrected chi connectivity index (χ1v) is 10.4. The highest BCUT2D eigenvalue weighted by Crippen LogP contribution is 2.31. The molecule has 0 amide bonds. The molecule has 27 heavy (non-hydrogen) atoms. The zero-order chi connectivity index (χ0) is 19.4. The summed E-state index contributed by atoms with van der Waals surface area (Å²) in [7, 11) is -2.41. The van der Waals surface area contributed by atoms with Crippen LogP contribution in [-0.4, -0.2) is 40.6 Å². The molecule has 2 aromatic carbocycles. The third kappa shape index (κ3) is 4.31. The maximum Gasteiger partial charge on any atom is 0.337 e. The number of nitrogens with one attached hydrogen (secondary N) is 1. The highest BCUT2D eigenvalue weighted by atomic mass is 32.2. The Balaban J connectivity index is 1.58. The molecule has 0 radical (unpaired) electrons. The van der Waals surface area contributed by atoms with Gasteiger partial charge in [-0.25, -0.2) is 17.9 Å². The van der Waals surface area contributed by atoms with E-state index in [2.05, 4.69) is 33.4 Å². The number of carbonyl (C=O) groups excluding carboxylic acids is 1. The lowest BCUT2D eigenvalue weighted by molar-refractivity contribution is 0.0600. The van der Waals surface area contributed by atoms with Gasteiger partial charge in [0.1, 0.15) is 0 Å². The van der Waals surface area contributed by atoms with E-state index >= 15 is 0 Å². The smallest absolute Gasteiger partial charge is 0.337 e. The van der Waals surface area contributed by atoms with E-state index in [0.717, 1.165) is 13.0 Å². The monoisotopic (exact) mass is 388 g/mol. The molecule has 1 heterocycles. The van der Waals surface area contributed by atoms with Crippen LogP contribution in [0.5, 0.6) is 0 Å². The molecule has 7 heteroatoms. The third-order valence-electron chi connectivity index (χ3n) is 4.78. The Morgan fingerprint density at radius 3 is 2.78 bits per heavy atom. The van der Waals surface area contributed by atoms with Gasteiger partial charge in [-0.15, -0.1) is 0 Å². The number of nitrogens with zero attached hydrogens (tertiary/aromatic N) is 1. The molecule has 1 atom stereocenters. The highest BCUT2D eigenvalue weighted by molar-refractivity contribution is 7.89. The van der Waals surface area contributed by atoms with Gasteiger partial charge in [0.2, 0.25) is 10.0 Å². The number of esters is 1. The van der Waals surface area contributed by atoms with Crippen LogP contribution in [0.2, 0.25) is 0 Å². The number of ether oxygens (including phenoxy) is 1. The first-order valence-electron chi connectivity index (χ1n) is 8.95. The van der Waals surface area contributed by atoms with Crippen molar-refractivity contribution < 1.29 is 17.9 Å². The second kappa shape index (κ2) is 8.10. The first-order chi connectivity index (χ1) is 12.9. The molecule has 0 unspecified atom stereocenters. The zero-order valence-electron chi connectivity index (χ0n) is 15.5. The number of anilines is 1.